The second kappa shape index (κ2) is 9.23. The highest BCUT2D eigenvalue weighted by Gasteiger charge is 2.31. The molecule has 0 saturated heterocycles. The zero-order valence-corrected chi connectivity index (χ0v) is 20.5. The number of thiazole rings is 1. The highest BCUT2D eigenvalue weighted by atomic mass is 32.1. The van der Waals surface area contributed by atoms with E-state index in [0.717, 1.165) is 16.3 Å². The molecule has 0 amide bonds. The number of carbonyl (C=O) groups excluding carboxylic acids is 2. The predicted octanol–water partition coefficient (Wildman–Crippen LogP) is 5.53. The fourth-order valence-corrected chi connectivity index (χ4v) is 4.53. The molecule has 7 nitrogen and oxygen atoms in total. The van der Waals surface area contributed by atoms with E-state index in [0.29, 0.717) is 16.9 Å². The summed E-state index contributed by atoms with van der Waals surface area (Å²) in [5.74, 6) is -1.35. The van der Waals surface area contributed by atoms with Gasteiger partial charge >= 0.3 is 11.9 Å². The Labute approximate surface area is 202 Å². The highest BCUT2D eigenvalue weighted by Crippen LogP contribution is 2.33. The number of para-hydroxylation sites is 1. The quantitative estimate of drug-likeness (QED) is 0.353. The van der Waals surface area contributed by atoms with Crippen LogP contribution in [-0.2, 0) is 14.9 Å². The molecule has 174 valence electrons. The van der Waals surface area contributed by atoms with Crippen molar-refractivity contribution >= 4 is 23.3 Å². The molecule has 0 unspecified atom stereocenters. The number of aromatic nitrogens is 3. The molecule has 8 heteroatoms. The number of hydrogen-bond donors (Lipinski definition) is 0. The topological polar surface area (TPSA) is 83.3 Å². The summed E-state index contributed by atoms with van der Waals surface area (Å²) in [4.78, 5) is 30.3. The van der Waals surface area contributed by atoms with E-state index in [1.807, 2.05) is 42.5 Å². The van der Waals surface area contributed by atoms with Crippen LogP contribution in [0.2, 0.25) is 0 Å². The standard InChI is InChI=1S/C26H25N3O4S/c1-26(2,3)19-15-34-23(27-19)17-13-11-16(12-14-17)21-20(24(30)32-4)22(25(31)33-5)29(28-21)18-9-7-6-8-10-18/h6-15H,1-5H3. The lowest BCUT2D eigenvalue weighted by atomic mass is 9.93. The van der Waals surface area contributed by atoms with Gasteiger partial charge in [0.1, 0.15) is 16.3 Å². The first kappa shape index (κ1) is 23.4. The molecule has 0 bridgehead atoms. The lowest BCUT2D eigenvalue weighted by Crippen LogP contribution is -2.15. The Morgan fingerprint density at radius 3 is 2.06 bits per heavy atom. The minimum atomic E-state index is -0.683. The molecule has 0 aliphatic heterocycles. The van der Waals surface area contributed by atoms with Gasteiger partial charge in [-0.3, -0.25) is 0 Å². The summed E-state index contributed by atoms with van der Waals surface area (Å²) < 4.78 is 11.4. The van der Waals surface area contributed by atoms with Crippen LogP contribution in [0.15, 0.2) is 60.0 Å². The lowest BCUT2D eigenvalue weighted by molar-refractivity contribution is 0.0549. The van der Waals surface area contributed by atoms with E-state index in [1.165, 1.54) is 18.9 Å². The molecule has 2 heterocycles. The summed E-state index contributed by atoms with van der Waals surface area (Å²) in [5, 5.41) is 7.61. The molecule has 2 aromatic carbocycles. The van der Waals surface area contributed by atoms with Crippen LogP contribution in [0.1, 0.15) is 47.3 Å². The van der Waals surface area contributed by atoms with E-state index in [1.54, 1.807) is 23.5 Å². The first-order valence-corrected chi connectivity index (χ1v) is 11.5. The molecule has 0 spiro atoms. The number of nitrogens with zero attached hydrogens (tertiary/aromatic N) is 3. The Balaban J connectivity index is 1.84. The van der Waals surface area contributed by atoms with Gasteiger partial charge in [0.15, 0.2) is 5.69 Å². The van der Waals surface area contributed by atoms with Crippen molar-refractivity contribution in [3.8, 4) is 27.5 Å². The van der Waals surface area contributed by atoms with Crippen LogP contribution in [0.25, 0.3) is 27.5 Å². The molecule has 34 heavy (non-hydrogen) atoms. The van der Waals surface area contributed by atoms with Crippen LogP contribution in [0.5, 0.6) is 0 Å². The van der Waals surface area contributed by atoms with Crippen molar-refractivity contribution in [1.82, 2.24) is 14.8 Å². The number of carbonyl (C=O) groups is 2. The van der Waals surface area contributed by atoms with Crippen molar-refractivity contribution in [2.45, 2.75) is 26.2 Å². The van der Waals surface area contributed by atoms with Crippen LogP contribution < -0.4 is 0 Å². The van der Waals surface area contributed by atoms with Crippen LogP contribution in [-0.4, -0.2) is 40.9 Å². The lowest BCUT2D eigenvalue weighted by Gasteiger charge is -2.14. The molecule has 0 N–H and O–H groups in total. The van der Waals surface area contributed by atoms with Gasteiger partial charge in [0.05, 0.1) is 25.6 Å². The number of methoxy groups -OCH3 is 2. The fourth-order valence-electron chi connectivity index (χ4n) is 3.48. The van der Waals surface area contributed by atoms with E-state index in [2.05, 4.69) is 31.2 Å². The minimum absolute atomic E-state index is 0.00868. The summed E-state index contributed by atoms with van der Waals surface area (Å²) in [7, 11) is 2.53. The molecule has 0 aliphatic rings. The van der Waals surface area contributed by atoms with Gasteiger partial charge in [-0.05, 0) is 12.1 Å². The Kier molecular flexibility index (Phi) is 6.34. The zero-order chi connectivity index (χ0) is 24.5. The minimum Gasteiger partial charge on any atom is -0.465 e. The largest absolute Gasteiger partial charge is 0.465 e. The average Bonchev–Trinajstić information content (AvgIpc) is 3.50. The van der Waals surface area contributed by atoms with Crippen molar-refractivity contribution in [2.75, 3.05) is 14.2 Å². The van der Waals surface area contributed by atoms with E-state index in [-0.39, 0.29) is 16.7 Å². The van der Waals surface area contributed by atoms with Crippen molar-refractivity contribution < 1.29 is 19.1 Å². The summed E-state index contributed by atoms with van der Waals surface area (Å²) >= 11 is 1.59. The van der Waals surface area contributed by atoms with Gasteiger partial charge in [0.2, 0.25) is 0 Å². The fraction of sp³-hybridized carbons (Fsp3) is 0.231. The zero-order valence-electron chi connectivity index (χ0n) is 19.7. The normalized spacial score (nSPS) is 11.3. The first-order valence-electron chi connectivity index (χ1n) is 10.7. The monoisotopic (exact) mass is 475 g/mol. The van der Waals surface area contributed by atoms with Gasteiger partial charge in [0, 0.05) is 21.9 Å². The Morgan fingerprint density at radius 1 is 0.882 bits per heavy atom. The third-order valence-electron chi connectivity index (χ3n) is 5.33. The summed E-state index contributed by atoms with van der Waals surface area (Å²) in [6.45, 7) is 6.39. The number of hydrogen-bond acceptors (Lipinski definition) is 7. The number of esters is 2. The maximum absolute atomic E-state index is 12.8. The van der Waals surface area contributed by atoms with Gasteiger partial charge < -0.3 is 9.47 Å². The van der Waals surface area contributed by atoms with Gasteiger partial charge in [0.25, 0.3) is 0 Å². The molecule has 0 radical (unpaired) electrons. The number of rotatable bonds is 5. The van der Waals surface area contributed by atoms with Crippen molar-refractivity contribution in [1.29, 1.82) is 0 Å². The van der Waals surface area contributed by atoms with Crippen LogP contribution in [0.3, 0.4) is 0 Å². The number of ether oxygens (including phenoxy) is 2. The smallest absolute Gasteiger partial charge is 0.357 e. The highest BCUT2D eigenvalue weighted by molar-refractivity contribution is 7.13. The average molecular weight is 476 g/mol. The summed E-state index contributed by atoms with van der Waals surface area (Å²) in [6, 6.07) is 16.7. The molecular weight excluding hydrogens is 450 g/mol. The second-order valence-electron chi connectivity index (χ2n) is 8.67. The molecule has 2 aromatic heterocycles. The molecule has 0 saturated carbocycles. The molecular formula is C26H25N3O4S. The van der Waals surface area contributed by atoms with Gasteiger partial charge in [-0.1, -0.05) is 63.2 Å². The molecule has 0 atom stereocenters. The van der Waals surface area contributed by atoms with Crippen molar-refractivity contribution in [3.63, 3.8) is 0 Å². The van der Waals surface area contributed by atoms with Crippen molar-refractivity contribution in [3.05, 3.63) is 76.9 Å². The van der Waals surface area contributed by atoms with Crippen molar-refractivity contribution in [2.24, 2.45) is 0 Å². The third-order valence-corrected chi connectivity index (χ3v) is 6.22. The van der Waals surface area contributed by atoms with E-state index >= 15 is 0 Å². The summed E-state index contributed by atoms with van der Waals surface area (Å²) in [5.41, 5.74) is 3.64. The molecule has 4 rings (SSSR count). The molecule has 0 aliphatic carbocycles. The van der Waals surface area contributed by atoms with E-state index < -0.39 is 11.9 Å². The predicted molar refractivity (Wildman–Crippen MR) is 131 cm³/mol. The third kappa shape index (κ3) is 4.36. The maximum atomic E-state index is 12.8. The molecule has 0 fully saturated rings. The first-order chi connectivity index (χ1) is 16.2. The van der Waals surface area contributed by atoms with E-state index in [4.69, 9.17) is 14.5 Å². The van der Waals surface area contributed by atoms with Gasteiger partial charge in [-0.15, -0.1) is 11.3 Å². The second-order valence-corrected chi connectivity index (χ2v) is 9.53. The van der Waals surface area contributed by atoms with Crippen LogP contribution in [0.4, 0.5) is 0 Å². The van der Waals surface area contributed by atoms with E-state index in [9.17, 15) is 9.59 Å². The SMILES string of the molecule is COC(=O)c1c(-c2ccc(-c3nc(C(C)(C)C)cs3)cc2)nn(-c2ccccc2)c1C(=O)OC. The van der Waals surface area contributed by atoms with Gasteiger partial charge in [-0.25, -0.2) is 19.3 Å². The Morgan fingerprint density at radius 2 is 1.50 bits per heavy atom. The summed E-state index contributed by atoms with van der Waals surface area (Å²) in [6.07, 6.45) is 0. The Bertz CT molecular complexity index is 1330. The molecule has 4 aromatic rings. The number of benzene rings is 2. The van der Waals surface area contributed by atoms with Crippen LogP contribution in [0, 0.1) is 0 Å². The van der Waals surface area contributed by atoms with Crippen LogP contribution >= 0.6 is 11.3 Å². The maximum Gasteiger partial charge on any atom is 0.357 e. The Hall–Kier alpha value is -3.78. The van der Waals surface area contributed by atoms with Gasteiger partial charge in [-0.2, -0.15) is 5.10 Å².